The van der Waals surface area contributed by atoms with Gasteiger partial charge in [-0.25, -0.2) is 9.79 Å². The summed E-state index contributed by atoms with van der Waals surface area (Å²) in [6.07, 6.45) is 3.32. The molecule has 2 aromatic carbocycles. The lowest BCUT2D eigenvalue weighted by molar-refractivity contribution is -0.143. The average molecular weight is 561 g/mol. The molecular weight excluding hydrogens is 532 g/mol. The Hall–Kier alpha value is -3.76. The minimum atomic E-state index is -0.708. The van der Waals surface area contributed by atoms with E-state index in [-0.39, 0.29) is 17.6 Å². The highest BCUT2D eigenvalue weighted by molar-refractivity contribution is 7.98. The van der Waals surface area contributed by atoms with Gasteiger partial charge >= 0.3 is 5.97 Å². The zero-order chi connectivity index (χ0) is 27.8. The first kappa shape index (κ1) is 26.8. The van der Waals surface area contributed by atoms with Gasteiger partial charge in [0.05, 0.1) is 39.3 Å². The summed E-state index contributed by atoms with van der Waals surface area (Å²) in [7, 11) is 0. The fourth-order valence-corrected chi connectivity index (χ4v) is 6.12. The number of ether oxygens (including phenoxy) is 1. The summed E-state index contributed by atoms with van der Waals surface area (Å²) < 4.78 is 7.47. The molecule has 2 atom stereocenters. The number of benzene rings is 2. The van der Waals surface area contributed by atoms with Crippen molar-refractivity contribution in [1.82, 2.24) is 4.57 Å². The number of carbonyl (C=O) groups excluding carboxylic acids is 2. The highest BCUT2D eigenvalue weighted by Crippen LogP contribution is 2.32. The minimum Gasteiger partial charge on any atom is -0.459 e. The smallest absolute Gasteiger partial charge is 0.338 e. The Labute approximate surface area is 234 Å². The Morgan fingerprint density at radius 3 is 2.41 bits per heavy atom. The van der Waals surface area contributed by atoms with Crippen molar-refractivity contribution in [3.05, 3.63) is 91.1 Å². The van der Waals surface area contributed by atoms with Gasteiger partial charge < -0.3 is 4.74 Å². The van der Waals surface area contributed by atoms with Gasteiger partial charge in [-0.1, -0.05) is 41.7 Å². The molecule has 0 unspecified atom stereocenters. The van der Waals surface area contributed by atoms with Crippen LogP contribution in [0.5, 0.6) is 0 Å². The van der Waals surface area contributed by atoms with Crippen molar-refractivity contribution in [3.63, 3.8) is 0 Å². The second kappa shape index (κ2) is 10.8. The maximum absolute atomic E-state index is 13.9. The predicted octanol–water partition coefficient (Wildman–Crippen LogP) is 3.90. The number of hydrazone groups is 1. The molecular formula is C29H28N4O4S2. The Balaban J connectivity index is 1.62. The summed E-state index contributed by atoms with van der Waals surface area (Å²) in [4.78, 5) is 46.6. The molecule has 0 saturated carbocycles. The lowest BCUT2D eigenvalue weighted by atomic mass is 9.96. The SMILES string of the molecule is CSc1ccc([C@@H]2C(C(=O)OC(C)C)=C(C)N=c3s/c(=C\[C@@H]4C(=O)N(c5ccccc5)N=C4C)c(=O)n32)cc1. The van der Waals surface area contributed by atoms with Crippen LogP contribution in [0.15, 0.2) is 85.7 Å². The molecule has 0 saturated heterocycles. The summed E-state index contributed by atoms with van der Waals surface area (Å²) in [5, 5.41) is 5.82. The van der Waals surface area contributed by atoms with Crippen molar-refractivity contribution in [2.45, 2.75) is 44.7 Å². The highest BCUT2D eigenvalue weighted by atomic mass is 32.2. The van der Waals surface area contributed by atoms with E-state index in [1.54, 1.807) is 45.5 Å². The third kappa shape index (κ3) is 5.02. The standard InChI is InChI=1S/C29H28N4O4S2/c1-16(2)37-28(36)24-18(4)30-29-32(25(24)19-11-13-21(38-5)14-12-19)27(35)23(39-29)15-22-17(3)31-33(26(22)34)20-9-7-6-8-10-20/h6-16,22,25H,1-5H3/b23-15-/t22-,25+/m0/s1. The quantitative estimate of drug-likeness (QED) is 0.337. The Morgan fingerprint density at radius 1 is 1.08 bits per heavy atom. The van der Waals surface area contributed by atoms with E-state index in [2.05, 4.69) is 10.1 Å². The van der Waals surface area contributed by atoms with Crippen molar-refractivity contribution in [2.24, 2.45) is 16.0 Å². The van der Waals surface area contributed by atoms with Gasteiger partial charge in [0.1, 0.15) is 5.92 Å². The van der Waals surface area contributed by atoms with Crippen molar-refractivity contribution in [1.29, 1.82) is 0 Å². The molecule has 5 rings (SSSR count). The first-order valence-electron chi connectivity index (χ1n) is 12.5. The van der Waals surface area contributed by atoms with Crippen LogP contribution >= 0.6 is 23.1 Å². The van der Waals surface area contributed by atoms with E-state index >= 15 is 0 Å². The van der Waals surface area contributed by atoms with E-state index in [1.165, 1.54) is 20.9 Å². The molecule has 0 radical (unpaired) electrons. The average Bonchev–Trinajstić information content (AvgIpc) is 3.38. The fourth-order valence-electron chi connectivity index (χ4n) is 4.65. The lowest BCUT2D eigenvalue weighted by Crippen LogP contribution is -2.40. The molecule has 0 N–H and O–H groups in total. The number of para-hydroxylation sites is 1. The summed E-state index contributed by atoms with van der Waals surface area (Å²) in [5.74, 6) is -1.42. The molecule has 0 spiro atoms. The number of nitrogens with zero attached hydrogens (tertiary/aromatic N) is 4. The number of carbonyl (C=O) groups is 2. The van der Waals surface area contributed by atoms with Gasteiger partial charge in [0, 0.05) is 4.90 Å². The Morgan fingerprint density at radius 2 is 1.77 bits per heavy atom. The van der Waals surface area contributed by atoms with E-state index in [0.29, 0.717) is 32.0 Å². The molecule has 10 heteroatoms. The molecule has 200 valence electrons. The fraction of sp³-hybridized carbons (Fsp3) is 0.276. The Bertz CT molecular complexity index is 1690. The molecule has 2 aliphatic rings. The Kier molecular flexibility index (Phi) is 7.42. The number of thiazole rings is 1. The summed E-state index contributed by atoms with van der Waals surface area (Å²) in [6.45, 7) is 7.10. The van der Waals surface area contributed by atoms with Gasteiger partial charge in [0.25, 0.3) is 11.5 Å². The van der Waals surface area contributed by atoms with Crippen molar-refractivity contribution >= 4 is 52.5 Å². The van der Waals surface area contributed by atoms with E-state index in [0.717, 1.165) is 10.5 Å². The largest absolute Gasteiger partial charge is 0.459 e. The van der Waals surface area contributed by atoms with Gasteiger partial charge in [0.15, 0.2) is 4.80 Å². The number of aromatic nitrogens is 1. The van der Waals surface area contributed by atoms with Crippen LogP contribution in [0, 0.1) is 5.92 Å². The summed E-state index contributed by atoms with van der Waals surface area (Å²) in [6, 6.07) is 16.2. The highest BCUT2D eigenvalue weighted by Gasteiger charge is 2.36. The molecule has 0 fully saturated rings. The van der Waals surface area contributed by atoms with E-state index in [1.807, 2.05) is 60.9 Å². The molecule has 1 amide bonds. The van der Waals surface area contributed by atoms with Crippen molar-refractivity contribution in [2.75, 3.05) is 11.3 Å². The van der Waals surface area contributed by atoms with Crippen LogP contribution in [0.25, 0.3) is 6.08 Å². The van der Waals surface area contributed by atoms with Gasteiger partial charge in [-0.15, -0.1) is 11.8 Å². The summed E-state index contributed by atoms with van der Waals surface area (Å²) >= 11 is 2.81. The predicted molar refractivity (Wildman–Crippen MR) is 155 cm³/mol. The van der Waals surface area contributed by atoms with E-state index < -0.39 is 17.9 Å². The molecule has 39 heavy (non-hydrogen) atoms. The number of thioether (sulfide) groups is 1. The monoisotopic (exact) mass is 560 g/mol. The normalized spacial score (nSPS) is 19.3. The second-order valence-electron chi connectivity index (χ2n) is 9.54. The second-order valence-corrected chi connectivity index (χ2v) is 11.4. The molecule has 8 nitrogen and oxygen atoms in total. The number of esters is 1. The van der Waals surface area contributed by atoms with Crippen LogP contribution < -0.4 is 19.9 Å². The maximum atomic E-state index is 13.9. The molecule has 0 aliphatic carbocycles. The third-order valence-corrected chi connectivity index (χ3v) is 8.26. The number of amides is 1. The zero-order valence-electron chi connectivity index (χ0n) is 22.2. The first-order chi connectivity index (χ1) is 18.7. The number of hydrogen-bond donors (Lipinski definition) is 0. The van der Waals surface area contributed by atoms with Crippen LogP contribution in [0.4, 0.5) is 5.69 Å². The first-order valence-corrected chi connectivity index (χ1v) is 14.6. The zero-order valence-corrected chi connectivity index (χ0v) is 23.9. The minimum absolute atomic E-state index is 0.230. The van der Waals surface area contributed by atoms with Gasteiger partial charge in [-0.2, -0.15) is 10.1 Å². The number of hydrogen-bond acceptors (Lipinski definition) is 8. The third-order valence-electron chi connectivity index (χ3n) is 6.52. The maximum Gasteiger partial charge on any atom is 0.338 e. The molecule has 3 aromatic rings. The topological polar surface area (TPSA) is 93.3 Å². The van der Waals surface area contributed by atoms with Gasteiger partial charge in [-0.3, -0.25) is 14.2 Å². The van der Waals surface area contributed by atoms with Crippen LogP contribution in [-0.4, -0.2) is 34.5 Å². The van der Waals surface area contributed by atoms with Crippen molar-refractivity contribution < 1.29 is 14.3 Å². The number of fused-ring (bicyclic) bond motifs is 1. The molecule has 2 aliphatic heterocycles. The molecule has 0 bridgehead atoms. The van der Waals surface area contributed by atoms with E-state index in [9.17, 15) is 14.4 Å². The number of rotatable bonds is 6. The van der Waals surface area contributed by atoms with Crippen LogP contribution in [0.1, 0.15) is 39.3 Å². The van der Waals surface area contributed by atoms with Crippen LogP contribution in [0.3, 0.4) is 0 Å². The van der Waals surface area contributed by atoms with Crippen LogP contribution in [0.2, 0.25) is 0 Å². The van der Waals surface area contributed by atoms with Gasteiger partial charge in [-0.05, 0) is 69.9 Å². The molecule has 1 aromatic heterocycles. The summed E-state index contributed by atoms with van der Waals surface area (Å²) in [5.41, 5.74) is 2.53. The number of allylic oxidation sites excluding steroid dienone is 1. The number of anilines is 1. The molecule has 3 heterocycles. The lowest BCUT2D eigenvalue weighted by Gasteiger charge is -2.25. The van der Waals surface area contributed by atoms with Crippen molar-refractivity contribution in [3.8, 4) is 0 Å². The van der Waals surface area contributed by atoms with Gasteiger partial charge in [0.2, 0.25) is 0 Å². The van der Waals surface area contributed by atoms with E-state index in [4.69, 9.17) is 4.74 Å². The van der Waals surface area contributed by atoms with Crippen LogP contribution in [-0.2, 0) is 14.3 Å².